The lowest BCUT2D eigenvalue weighted by molar-refractivity contribution is 0.190. The summed E-state index contributed by atoms with van der Waals surface area (Å²) in [5.74, 6) is 0. The van der Waals surface area contributed by atoms with Gasteiger partial charge in [-0.2, -0.15) is 0 Å². The van der Waals surface area contributed by atoms with E-state index in [-0.39, 0.29) is 0 Å². The molecule has 3 nitrogen and oxygen atoms in total. The molecule has 0 amide bonds. The van der Waals surface area contributed by atoms with Crippen LogP contribution in [0.2, 0.25) is 0 Å². The number of methoxy groups -OCH3 is 2. The summed E-state index contributed by atoms with van der Waals surface area (Å²) in [6.45, 7) is 0. The molecule has 0 aromatic heterocycles. The van der Waals surface area contributed by atoms with Crippen LogP contribution in [0.3, 0.4) is 0 Å². The van der Waals surface area contributed by atoms with E-state index in [1.54, 1.807) is 21.3 Å². The number of hydrogen-bond donors (Lipinski definition) is 0. The Balaban J connectivity index is 3.69. The van der Waals surface area contributed by atoms with Crippen LogP contribution < -0.4 is 0 Å². The zero-order valence-corrected chi connectivity index (χ0v) is 8.27. The van der Waals surface area contributed by atoms with Gasteiger partial charge >= 0.3 is 7.63 Å². The van der Waals surface area contributed by atoms with Gasteiger partial charge in [-0.15, -0.1) is 11.1 Å². The molecule has 0 heterocycles. The Morgan fingerprint density at radius 3 is 1.70 bits per heavy atom. The van der Waals surface area contributed by atoms with Crippen LogP contribution in [-0.4, -0.2) is 41.4 Å². The fourth-order valence-electron chi connectivity index (χ4n) is 0.591. The number of hydrogen-bond acceptors (Lipinski definition) is 3. The van der Waals surface area contributed by atoms with Gasteiger partial charge in [0.25, 0.3) is 0 Å². The van der Waals surface area contributed by atoms with Crippen LogP contribution in [0.15, 0.2) is 0 Å². The van der Waals surface area contributed by atoms with Crippen LogP contribution in [0, 0.1) is 0 Å². The molecule has 0 saturated heterocycles. The molecule has 0 bridgehead atoms. The molecule has 0 radical (unpaired) electrons. The smallest absolute Gasteiger partial charge is 0.340 e. The Morgan fingerprint density at radius 2 is 1.50 bits per heavy atom. The van der Waals surface area contributed by atoms with Gasteiger partial charge in [0.2, 0.25) is 0 Å². The zero-order valence-electron chi connectivity index (χ0n) is 6.52. The average molecular weight is 185 g/mol. The van der Waals surface area contributed by atoms with Crippen LogP contribution in [0.5, 0.6) is 0 Å². The third-order valence-electron chi connectivity index (χ3n) is 1.09. The topological polar surface area (TPSA) is 27.7 Å². The van der Waals surface area contributed by atoms with Gasteiger partial charge in [-0.25, -0.2) is 0 Å². The van der Waals surface area contributed by atoms with Gasteiger partial charge in [-0.05, 0) is 0 Å². The van der Waals surface area contributed by atoms with E-state index in [1.807, 2.05) is 0 Å². The molecule has 0 N–H and O–H groups in total. The SMILES string of the molecule is COC[Si](Cl)(COC)OC. The van der Waals surface area contributed by atoms with Crippen molar-refractivity contribution in [2.45, 2.75) is 0 Å². The second-order valence-electron chi connectivity index (χ2n) is 1.95. The lowest BCUT2D eigenvalue weighted by atomic mass is 11.5. The fraction of sp³-hybridized carbons (Fsp3) is 1.00. The van der Waals surface area contributed by atoms with Crippen molar-refractivity contribution in [1.29, 1.82) is 0 Å². The van der Waals surface area contributed by atoms with Crippen molar-refractivity contribution in [3.05, 3.63) is 0 Å². The summed E-state index contributed by atoms with van der Waals surface area (Å²) in [5, 5.41) is 0. The van der Waals surface area contributed by atoms with E-state index in [0.717, 1.165) is 0 Å². The summed E-state index contributed by atoms with van der Waals surface area (Å²) < 4.78 is 14.8. The first-order valence-electron chi connectivity index (χ1n) is 2.90. The number of rotatable bonds is 5. The second-order valence-corrected chi connectivity index (χ2v) is 6.77. The quantitative estimate of drug-likeness (QED) is 0.465. The summed E-state index contributed by atoms with van der Waals surface area (Å²) in [6, 6.07) is 0. The third kappa shape index (κ3) is 3.53. The highest BCUT2D eigenvalue weighted by atomic mass is 35.6. The van der Waals surface area contributed by atoms with Crippen molar-refractivity contribution in [1.82, 2.24) is 0 Å². The lowest BCUT2D eigenvalue weighted by Crippen LogP contribution is -2.42. The Labute approximate surface area is 67.1 Å². The summed E-state index contributed by atoms with van der Waals surface area (Å²) in [6.07, 6.45) is 0.914. The largest absolute Gasteiger partial charge is 0.404 e. The van der Waals surface area contributed by atoms with Crippen molar-refractivity contribution in [3.63, 3.8) is 0 Å². The molecule has 0 aromatic carbocycles. The Morgan fingerprint density at radius 1 is 1.10 bits per heavy atom. The molecule has 10 heavy (non-hydrogen) atoms. The van der Waals surface area contributed by atoms with Gasteiger partial charge in [0.05, 0.1) is 12.5 Å². The zero-order chi connectivity index (χ0) is 8.04. The highest BCUT2D eigenvalue weighted by Crippen LogP contribution is 2.09. The number of halogens is 1. The van der Waals surface area contributed by atoms with E-state index in [4.69, 9.17) is 25.0 Å². The molecule has 0 aromatic rings. The molecule has 0 saturated carbocycles. The molecule has 0 rings (SSSR count). The maximum Gasteiger partial charge on any atom is 0.340 e. The standard InChI is InChI=1S/C5H13ClO3Si/c1-7-4-10(6,9-3)5-8-2/h4-5H2,1-3H3. The molecule has 0 aliphatic heterocycles. The Hall–Kier alpha value is 0.387. The van der Waals surface area contributed by atoms with Gasteiger partial charge in [-0.1, -0.05) is 0 Å². The predicted molar refractivity (Wildman–Crippen MR) is 42.4 cm³/mol. The molecule has 0 unspecified atom stereocenters. The van der Waals surface area contributed by atoms with Gasteiger partial charge < -0.3 is 13.9 Å². The van der Waals surface area contributed by atoms with Crippen molar-refractivity contribution in [2.24, 2.45) is 0 Å². The van der Waals surface area contributed by atoms with E-state index in [1.165, 1.54) is 0 Å². The molecule has 0 aliphatic carbocycles. The summed E-state index contributed by atoms with van der Waals surface area (Å²) in [4.78, 5) is 0. The lowest BCUT2D eigenvalue weighted by Gasteiger charge is -2.19. The fourth-order valence-corrected chi connectivity index (χ4v) is 2.43. The Kier molecular flexibility index (Phi) is 5.29. The maximum atomic E-state index is 5.99. The van der Waals surface area contributed by atoms with Crippen molar-refractivity contribution in [2.75, 3.05) is 33.8 Å². The molecular formula is C5H13ClO3Si. The second kappa shape index (κ2) is 5.09. The van der Waals surface area contributed by atoms with Crippen LogP contribution in [0.25, 0.3) is 0 Å². The first-order chi connectivity index (χ1) is 4.68. The summed E-state index contributed by atoms with van der Waals surface area (Å²) in [5.41, 5.74) is 0. The van der Waals surface area contributed by atoms with Gasteiger partial charge in [0.1, 0.15) is 0 Å². The highest BCUT2D eigenvalue weighted by Gasteiger charge is 2.31. The minimum atomic E-state index is -2.20. The van der Waals surface area contributed by atoms with E-state index in [0.29, 0.717) is 12.5 Å². The predicted octanol–water partition coefficient (Wildman–Crippen LogP) is 0.685. The minimum Gasteiger partial charge on any atom is -0.404 e. The van der Waals surface area contributed by atoms with Crippen molar-refractivity contribution >= 4 is 18.7 Å². The average Bonchev–Trinajstić information content (AvgIpc) is 1.89. The maximum absolute atomic E-state index is 5.99. The van der Waals surface area contributed by atoms with Gasteiger partial charge in [0, 0.05) is 21.3 Å². The molecular weight excluding hydrogens is 172 g/mol. The molecule has 0 atom stereocenters. The van der Waals surface area contributed by atoms with Gasteiger partial charge in [-0.3, -0.25) is 0 Å². The van der Waals surface area contributed by atoms with E-state index >= 15 is 0 Å². The first-order valence-corrected chi connectivity index (χ1v) is 6.24. The first kappa shape index (κ1) is 10.4. The van der Waals surface area contributed by atoms with E-state index in [2.05, 4.69) is 0 Å². The van der Waals surface area contributed by atoms with Crippen LogP contribution in [0.1, 0.15) is 0 Å². The monoisotopic (exact) mass is 184 g/mol. The number of ether oxygens (including phenoxy) is 2. The van der Waals surface area contributed by atoms with Crippen LogP contribution in [-0.2, 0) is 13.9 Å². The van der Waals surface area contributed by atoms with Gasteiger partial charge in [0.15, 0.2) is 0 Å². The van der Waals surface area contributed by atoms with E-state index in [9.17, 15) is 0 Å². The molecule has 0 aliphatic rings. The summed E-state index contributed by atoms with van der Waals surface area (Å²) in [7, 11) is 2.58. The molecule has 5 heteroatoms. The molecule has 0 spiro atoms. The summed E-state index contributed by atoms with van der Waals surface area (Å²) >= 11 is 5.99. The van der Waals surface area contributed by atoms with Crippen molar-refractivity contribution < 1.29 is 13.9 Å². The van der Waals surface area contributed by atoms with Crippen LogP contribution in [0.4, 0.5) is 0 Å². The molecule has 62 valence electrons. The van der Waals surface area contributed by atoms with E-state index < -0.39 is 7.63 Å². The third-order valence-corrected chi connectivity index (χ3v) is 4.37. The Bertz CT molecular complexity index is 85.0. The highest BCUT2D eigenvalue weighted by molar-refractivity contribution is 7.16. The van der Waals surface area contributed by atoms with Crippen LogP contribution >= 0.6 is 11.1 Å². The normalized spacial score (nSPS) is 12.0. The minimum absolute atomic E-state index is 0.457. The van der Waals surface area contributed by atoms with Crippen molar-refractivity contribution in [3.8, 4) is 0 Å². The molecule has 0 fully saturated rings.